The highest BCUT2D eigenvalue weighted by Crippen LogP contribution is 2.37. The smallest absolute Gasteiger partial charge is 0.278 e. The number of halogens is 3. The topological polar surface area (TPSA) is 92.7 Å². The Bertz CT molecular complexity index is 777. The summed E-state index contributed by atoms with van der Waals surface area (Å²) in [7, 11) is 1.41. The zero-order chi connectivity index (χ0) is 18.4. The van der Waals surface area contributed by atoms with Crippen molar-refractivity contribution in [2.45, 2.75) is 0 Å². The molecule has 2 aromatic rings. The predicted octanol–water partition coefficient (Wildman–Crippen LogP) is 3.56. The molecule has 1 amide bonds. The number of nitrogens with one attached hydrogen (secondary N) is 2. The summed E-state index contributed by atoms with van der Waals surface area (Å²) in [6.07, 6.45) is 1.29. The lowest BCUT2D eigenvalue weighted by molar-refractivity contribution is 0.0168. The van der Waals surface area contributed by atoms with Gasteiger partial charge in [0, 0.05) is 10.7 Å². The van der Waals surface area contributed by atoms with E-state index < -0.39 is 5.91 Å². The Balaban J connectivity index is 2.40. The molecule has 25 heavy (non-hydrogen) atoms. The lowest BCUT2D eigenvalue weighted by Gasteiger charge is -2.16. The number of pyridine rings is 1. The summed E-state index contributed by atoms with van der Waals surface area (Å²) >= 11 is 15.8. The van der Waals surface area contributed by atoms with Crippen LogP contribution >= 0.6 is 39.1 Å². The van der Waals surface area contributed by atoms with Gasteiger partial charge in [-0.3, -0.25) is 9.63 Å². The third-order valence-electron chi connectivity index (χ3n) is 2.97. The molecular weight excluding hydrogens is 437 g/mol. The quantitative estimate of drug-likeness (QED) is 0.441. The summed E-state index contributed by atoms with van der Waals surface area (Å²) in [5.41, 5.74) is 3.09. The van der Waals surface area contributed by atoms with Crippen molar-refractivity contribution >= 4 is 56.4 Å². The van der Waals surface area contributed by atoms with E-state index >= 15 is 0 Å². The molecule has 10 heteroatoms. The second-order valence-electron chi connectivity index (χ2n) is 4.62. The summed E-state index contributed by atoms with van der Waals surface area (Å²) in [6, 6.07) is 5.20. The predicted molar refractivity (Wildman–Crippen MR) is 98.7 cm³/mol. The van der Waals surface area contributed by atoms with E-state index in [1.165, 1.54) is 13.3 Å². The maximum atomic E-state index is 12.3. The van der Waals surface area contributed by atoms with Crippen LogP contribution in [0, 0.1) is 0 Å². The molecule has 0 radical (unpaired) electrons. The first-order valence-corrected chi connectivity index (χ1v) is 8.50. The first-order chi connectivity index (χ1) is 12.0. The van der Waals surface area contributed by atoms with Gasteiger partial charge in [-0.05, 0) is 18.2 Å². The fourth-order valence-corrected chi connectivity index (χ4v) is 2.84. The van der Waals surface area contributed by atoms with Crippen molar-refractivity contribution in [2.24, 2.45) is 0 Å². The minimum absolute atomic E-state index is 0.0512. The molecule has 0 spiro atoms. The summed E-state index contributed by atoms with van der Waals surface area (Å²) in [4.78, 5) is 21.1. The number of aliphatic hydroxyl groups excluding tert-OH is 1. The Labute approximate surface area is 162 Å². The van der Waals surface area contributed by atoms with E-state index in [0.29, 0.717) is 10.7 Å². The normalized spacial score (nSPS) is 10.4. The molecule has 0 aliphatic heterocycles. The van der Waals surface area contributed by atoms with Gasteiger partial charge in [0.2, 0.25) is 5.88 Å². The van der Waals surface area contributed by atoms with Crippen LogP contribution in [-0.4, -0.2) is 36.3 Å². The lowest BCUT2D eigenvalue weighted by atomic mass is 10.2. The molecule has 0 aliphatic carbocycles. The molecule has 0 saturated carbocycles. The van der Waals surface area contributed by atoms with Gasteiger partial charge >= 0.3 is 0 Å². The van der Waals surface area contributed by atoms with Gasteiger partial charge in [-0.1, -0.05) is 39.1 Å². The number of amides is 1. The van der Waals surface area contributed by atoms with Crippen molar-refractivity contribution < 1.29 is 19.5 Å². The van der Waals surface area contributed by atoms with Crippen LogP contribution in [0.15, 0.2) is 28.9 Å². The summed E-state index contributed by atoms with van der Waals surface area (Å²) in [5.74, 6) is -0.452. The largest absolute Gasteiger partial charge is 0.480 e. The number of nitrogens with zero attached hydrogens (tertiary/aromatic N) is 1. The van der Waals surface area contributed by atoms with Gasteiger partial charge in [0.1, 0.15) is 5.02 Å². The van der Waals surface area contributed by atoms with E-state index in [4.69, 9.17) is 37.9 Å². The number of benzene rings is 1. The van der Waals surface area contributed by atoms with Crippen molar-refractivity contribution in [3.8, 4) is 5.88 Å². The summed E-state index contributed by atoms with van der Waals surface area (Å²) in [5, 5.41) is 12.2. The van der Waals surface area contributed by atoms with Gasteiger partial charge in [0.25, 0.3) is 5.91 Å². The van der Waals surface area contributed by atoms with Crippen LogP contribution in [-0.2, 0) is 4.84 Å². The van der Waals surface area contributed by atoms with Crippen molar-refractivity contribution in [2.75, 3.05) is 25.6 Å². The van der Waals surface area contributed by atoms with Gasteiger partial charge in [-0.15, -0.1) is 0 Å². The third-order valence-corrected chi connectivity index (χ3v) is 4.13. The molecule has 0 saturated heterocycles. The zero-order valence-corrected chi connectivity index (χ0v) is 16.1. The van der Waals surface area contributed by atoms with E-state index in [1.807, 2.05) is 0 Å². The summed E-state index contributed by atoms with van der Waals surface area (Å²) < 4.78 is 5.89. The Morgan fingerprint density at radius 3 is 2.80 bits per heavy atom. The number of anilines is 2. The van der Waals surface area contributed by atoms with Crippen LogP contribution in [0.25, 0.3) is 0 Å². The number of ether oxygens (including phenoxy) is 1. The number of hydroxylamine groups is 1. The number of aliphatic hydroxyl groups is 1. The summed E-state index contributed by atoms with van der Waals surface area (Å²) in [6.45, 7) is -0.286. The molecule has 0 bridgehead atoms. The molecule has 1 aromatic heterocycles. The van der Waals surface area contributed by atoms with E-state index in [2.05, 4.69) is 31.7 Å². The molecule has 0 aliphatic rings. The minimum atomic E-state index is -0.596. The van der Waals surface area contributed by atoms with E-state index in [0.717, 1.165) is 4.47 Å². The molecule has 0 atom stereocenters. The van der Waals surface area contributed by atoms with E-state index in [9.17, 15) is 4.79 Å². The van der Waals surface area contributed by atoms with Crippen LogP contribution in [0.4, 0.5) is 11.4 Å². The SMILES string of the molecule is COc1ncc(C(=O)NOCCO)c(Nc2ccc(Br)cc2Cl)c1Cl. The lowest BCUT2D eigenvalue weighted by Crippen LogP contribution is -2.26. The standard InChI is InChI=1S/C15H14BrCl2N3O4/c1-24-15-12(18)13(20-11-3-2-8(16)6-10(11)17)9(7-19-15)14(23)21-25-5-4-22/h2-3,6-7,22H,4-5H2,1H3,(H,19,20)(H,21,23). The first kappa shape index (κ1) is 19.7. The Hall–Kier alpha value is -1.58. The Morgan fingerprint density at radius 2 is 2.16 bits per heavy atom. The molecular formula is C15H14BrCl2N3O4. The average molecular weight is 451 g/mol. The number of carbonyl (C=O) groups is 1. The zero-order valence-electron chi connectivity index (χ0n) is 13.0. The van der Waals surface area contributed by atoms with E-state index in [1.54, 1.807) is 18.2 Å². The highest BCUT2D eigenvalue weighted by atomic mass is 79.9. The van der Waals surface area contributed by atoms with Crippen molar-refractivity contribution in [1.82, 2.24) is 10.5 Å². The molecule has 0 fully saturated rings. The molecule has 134 valence electrons. The van der Waals surface area contributed by atoms with Gasteiger partial charge in [0.05, 0.1) is 42.3 Å². The minimum Gasteiger partial charge on any atom is -0.480 e. The fraction of sp³-hybridized carbons (Fsp3) is 0.200. The third kappa shape index (κ3) is 4.96. The fourth-order valence-electron chi connectivity index (χ4n) is 1.85. The van der Waals surface area contributed by atoms with Crippen molar-refractivity contribution in [3.63, 3.8) is 0 Å². The van der Waals surface area contributed by atoms with Gasteiger partial charge in [0.15, 0.2) is 0 Å². The van der Waals surface area contributed by atoms with Crippen LogP contribution in [0.2, 0.25) is 10.0 Å². The van der Waals surface area contributed by atoms with Gasteiger partial charge < -0.3 is 15.2 Å². The maximum absolute atomic E-state index is 12.3. The van der Waals surface area contributed by atoms with E-state index in [-0.39, 0.29) is 35.4 Å². The number of hydrogen-bond donors (Lipinski definition) is 3. The number of carbonyl (C=O) groups excluding carboxylic acids is 1. The van der Waals surface area contributed by atoms with Gasteiger partial charge in [-0.2, -0.15) is 0 Å². The van der Waals surface area contributed by atoms with Crippen molar-refractivity contribution in [3.05, 3.63) is 44.5 Å². The number of hydrogen-bond acceptors (Lipinski definition) is 6. The average Bonchev–Trinajstić information content (AvgIpc) is 2.58. The number of rotatable bonds is 7. The molecule has 1 heterocycles. The first-order valence-electron chi connectivity index (χ1n) is 6.95. The molecule has 1 aromatic carbocycles. The van der Waals surface area contributed by atoms with Crippen LogP contribution in [0.1, 0.15) is 10.4 Å². The Morgan fingerprint density at radius 1 is 1.40 bits per heavy atom. The number of methoxy groups -OCH3 is 1. The van der Waals surface area contributed by atoms with Crippen LogP contribution in [0.5, 0.6) is 5.88 Å². The molecule has 0 unspecified atom stereocenters. The monoisotopic (exact) mass is 449 g/mol. The van der Waals surface area contributed by atoms with Crippen molar-refractivity contribution in [1.29, 1.82) is 0 Å². The molecule has 7 nitrogen and oxygen atoms in total. The molecule has 3 N–H and O–H groups in total. The maximum Gasteiger partial charge on any atom is 0.278 e. The highest BCUT2D eigenvalue weighted by Gasteiger charge is 2.20. The molecule has 2 rings (SSSR count). The van der Waals surface area contributed by atoms with Crippen LogP contribution in [0.3, 0.4) is 0 Å². The second kappa shape index (κ2) is 9.21. The van der Waals surface area contributed by atoms with Crippen LogP contribution < -0.4 is 15.5 Å². The Kier molecular flexibility index (Phi) is 7.27. The number of aromatic nitrogens is 1. The van der Waals surface area contributed by atoms with Gasteiger partial charge in [-0.25, -0.2) is 10.5 Å². The second-order valence-corrected chi connectivity index (χ2v) is 6.32. The highest BCUT2D eigenvalue weighted by molar-refractivity contribution is 9.10.